The monoisotopic (exact) mass is 186 g/mol. The number of aromatic nitrogens is 1. The molecule has 1 aromatic carbocycles. The number of benzene rings is 1. The molecule has 0 saturated heterocycles. The van der Waals surface area contributed by atoms with E-state index in [1.807, 2.05) is 19.1 Å². The van der Waals surface area contributed by atoms with Crippen LogP contribution in [0.25, 0.3) is 10.9 Å². The van der Waals surface area contributed by atoms with E-state index in [-0.39, 0.29) is 5.91 Å². The molecule has 70 valence electrons. The van der Waals surface area contributed by atoms with E-state index in [0.717, 1.165) is 22.2 Å². The summed E-state index contributed by atoms with van der Waals surface area (Å²) in [4.78, 5) is 14.8. The van der Waals surface area contributed by atoms with Crippen molar-refractivity contribution in [1.82, 2.24) is 10.3 Å². The van der Waals surface area contributed by atoms with Gasteiger partial charge in [0.25, 0.3) is 5.91 Å². The first-order valence-electron chi connectivity index (χ1n) is 4.65. The molecule has 2 N–H and O–H groups in total. The number of nitrogens with one attached hydrogen (secondary N) is 2. The maximum atomic E-state index is 11.5. The van der Waals surface area contributed by atoms with Gasteiger partial charge in [-0.15, -0.1) is 0 Å². The quantitative estimate of drug-likeness (QED) is 0.646. The Bertz CT molecular complexity index is 539. The lowest BCUT2D eigenvalue weighted by molar-refractivity contribution is 0.0967. The number of amides is 1. The topological polar surface area (TPSA) is 44.9 Å². The lowest BCUT2D eigenvalue weighted by atomic mass is 10.1. The van der Waals surface area contributed by atoms with Crippen molar-refractivity contribution < 1.29 is 4.79 Å². The molecule has 3 nitrogen and oxygen atoms in total. The molecule has 1 aromatic heterocycles. The van der Waals surface area contributed by atoms with Crippen molar-refractivity contribution in [2.75, 3.05) is 0 Å². The van der Waals surface area contributed by atoms with E-state index in [1.54, 1.807) is 0 Å². The fraction of sp³-hybridized carbons (Fsp3) is 0.182. The van der Waals surface area contributed by atoms with Crippen LogP contribution in [-0.2, 0) is 6.54 Å². The van der Waals surface area contributed by atoms with Gasteiger partial charge >= 0.3 is 0 Å². The molecule has 1 amide bonds. The Kier molecular flexibility index (Phi) is 1.29. The summed E-state index contributed by atoms with van der Waals surface area (Å²) in [7, 11) is 0. The van der Waals surface area contributed by atoms with Gasteiger partial charge in [-0.1, -0.05) is 11.6 Å². The van der Waals surface area contributed by atoms with Crippen molar-refractivity contribution in [2.45, 2.75) is 13.5 Å². The van der Waals surface area contributed by atoms with Gasteiger partial charge in [0.1, 0.15) is 0 Å². The van der Waals surface area contributed by atoms with Crippen LogP contribution in [0.3, 0.4) is 0 Å². The summed E-state index contributed by atoms with van der Waals surface area (Å²) in [5.41, 5.74) is 4.06. The molecule has 1 aliphatic rings. The third-order valence-corrected chi connectivity index (χ3v) is 2.68. The number of aromatic amines is 1. The van der Waals surface area contributed by atoms with E-state index in [1.165, 1.54) is 5.56 Å². The average Bonchev–Trinajstić information content (AvgIpc) is 2.67. The molecule has 2 heterocycles. The molecular weight excluding hydrogens is 176 g/mol. The maximum absolute atomic E-state index is 11.5. The minimum absolute atomic E-state index is 0.0388. The summed E-state index contributed by atoms with van der Waals surface area (Å²) in [5, 5.41) is 3.84. The number of H-pyrrole nitrogens is 1. The minimum Gasteiger partial charge on any atom is -0.356 e. The number of carbonyl (C=O) groups is 1. The highest BCUT2D eigenvalue weighted by Crippen LogP contribution is 2.26. The molecule has 2 aromatic rings. The van der Waals surface area contributed by atoms with Crippen LogP contribution in [0.2, 0.25) is 0 Å². The van der Waals surface area contributed by atoms with E-state index in [2.05, 4.69) is 16.4 Å². The minimum atomic E-state index is 0.0388. The molecule has 3 rings (SSSR count). The van der Waals surface area contributed by atoms with Crippen molar-refractivity contribution in [2.24, 2.45) is 0 Å². The lowest BCUT2D eigenvalue weighted by Gasteiger charge is -1.95. The first-order chi connectivity index (χ1) is 6.75. The predicted molar refractivity (Wildman–Crippen MR) is 54.2 cm³/mol. The SMILES string of the molecule is Cc1ccc2[nH]c3c(c2c1)C(=O)NC3. The molecule has 0 bridgehead atoms. The fourth-order valence-corrected chi connectivity index (χ4v) is 2.01. The largest absolute Gasteiger partial charge is 0.356 e. The Morgan fingerprint density at radius 1 is 1.36 bits per heavy atom. The Labute approximate surface area is 81.1 Å². The second-order valence-corrected chi connectivity index (χ2v) is 3.71. The van der Waals surface area contributed by atoms with Crippen LogP contribution in [0.4, 0.5) is 0 Å². The van der Waals surface area contributed by atoms with Crippen LogP contribution in [0, 0.1) is 6.92 Å². The van der Waals surface area contributed by atoms with E-state index < -0.39 is 0 Å². The van der Waals surface area contributed by atoms with E-state index in [0.29, 0.717) is 6.54 Å². The molecule has 0 spiro atoms. The Hall–Kier alpha value is -1.77. The normalized spacial score (nSPS) is 14.5. The van der Waals surface area contributed by atoms with Gasteiger partial charge in [-0.25, -0.2) is 0 Å². The van der Waals surface area contributed by atoms with Crippen LogP contribution < -0.4 is 5.32 Å². The molecule has 0 atom stereocenters. The van der Waals surface area contributed by atoms with E-state index in [9.17, 15) is 4.79 Å². The standard InChI is InChI=1S/C11H10N2O/c1-6-2-3-8-7(4-6)10-9(13-8)5-12-11(10)14/h2-4,13H,5H2,1H3,(H,12,14). The Morgan fingerprint density at radius 2 is 2.21 bits per heavy atom. The zero-order valence-electron chi connectivity index (χ0n) is 7.85. The summed E-state index contributed by atoms with van der Waals surface area (Å²) in [6, 6.07) is 6.12. The highest BCUT2D eigenvalue weighted by Gasteiger charge is 2.23. The van der Waals surface area contributed by atoms with Crippen LogP contribution in [0.5, 0.6) is 0 Å². The second-order valence-electron chi connectivity index (χ2n) is 3.71. The molecule has 0 saturated carbocycles. The maximum Gasteiger partial charge on any atom is 0.254 e. The van der Waals surface area contributed by atoms with Crippen molar-refractivity contribution in [1.29, 1.82) is 0 Å². The predicted octanol–water partition coefficient (Wildman–Crippen LogP) is 1.72. The molecule has 0 unspecified atom stereocenters. The van der Waals surface area contributed by atoms with Gasteiger partial charge in [0.15, 0.2) is 0 Å². The van der Waals surface area contributed by atoms with E-state index >= 15 is 0 Å². The highest BCUT2D eigenvalue weighted by molar-refractivity contribution is 6.10. The van der Waals surface area contributed by atoms with Gasteiger partial charge in [-0.05, 0) is 19.1 Å². The number of fused-ring (bicyclic) bond motifs is 3. The van der Waals surface area contributed by atoms with Crippen LogP contribution in [0.15, 0.2) is 18.2 Å². The Balaban J connectivity index is 2.43. The molecule has 0 radical (unpaired) electrons. The van der Waals surface area contributed by atoms with Crippen molar-refractivity contribution >= 4 is 16.8 Å². The smallest absolute Gasteiger partial charge is 0.254 e. The van der Waals surface area contributed by atoms with Gasteiger partial charge in [-0.3, -0.25) is 4.79 Å². The van der Waals surface area contributed by atoms with Crippen LogP contribution in [-0.4, -0.2) is 10.9 Å². The number of hydrogen-bond acceptors (Lipinski definition) is 1. The molecule has 0 fully saturated rings. The second kappa shape index (κ2) is 2.38. The average molecular weight is 186 g/mol. The third-order valence-electron chi connectivity index (χ3n) is 2.68. The summed E-state index contributed by atoms with van der Waals surface area (Å²) < 4.78 is 0. The van der Waals surface area contributed by atoms with Crippen molar-refractivity contribution in [3.63, 3.8) is 0 Å². The van der Waals surface area contributed by atoms with Gasteiger partial charge < -0.3 is 10.3 Å². The fourth-order valence-electron chi connectivity index (χ4n) is 2.01. The summed E-state index contributed by atoms with van der Waals surface area (Å²) >= 11 is 0. The molecule has 0 aliphatic carbocycles. The number of rotatable bonds is 0. The van der Waals surface area contributed by atoms with Gasteiger partial charge in [0.2, 0.25) is 0 Å². The van der Waals surface area contributed by atoms with Gasteiger partial charge in [0, 0.05) is 16.6 Å². The molecule has 3 heteroatoms. The lowest BCUT2D eigenvalue weighted by Crippen LogP contribution is -2.13. The zero-order valence-corrected chi connectivity index (χ0v) is 7.85. The molecule has 1 aliphatic heterocycles. The Morgan fingerprint density at radius 3 is 3.07 bits per heavy atom. The van der Waals surface area contributed by atoms with Crippen LogP contribution in [0.1, 0.15) is 21.6 Å². The van der Waals surface area contributed by atoms with E-state index in [4.69, 9.17) is 0 Å². The molecular formula is C11H10N2O. The number of hydrogen-bond donors (Lipinski definition) is 2. The van der Waals surface area contributed by atoms with Gasteiger partial charge in [0.05, 0.1) is 12.1 Å². The van der Waals surface area contributed by atoms with Crippen molar-refractivity contribution in [3.05, 3.63) is 35.0 Å². The number of aryl methyl sites for hydroxylation is 1. The first-order valence-corrected chi connectivity index (χ1v) is 4.65. The third kappa shape index (κ3) is 0.839. The number of carbonyl (C=O) groups excluding carboxylic acids is 1. The summed E-state index contributed by atoms with van der Waals surface area (Å²) in [6.07, 6.45) is 0. The van der Waals surface area contributed by atoms with Gasteiger partial charge in [-0.2, -0.15) is 0 Å². The van der Waals surface area contributed by atoms with Crippen LogP contribution >= 0.6 is 0 Å². The van der Waals surface area contributed by atoms with Crippen molar-refractivity contribution in [3.8, 4) is 0 Å². The summed E-state index contributed by atoms with van der Waals surface area (Å²) in [6.45, 7) is 2.66. The zero-order chi connectivity index (χ0) is 9.71. The highest BCUT2D eigenvalue weighted by atomic mass is 16.1. The first kappa shape index (κ1) is 7.62. The summed E-state index contributed by atoms with van der Waals surface area (Å²) in [5.74, 6) is 0.0388. The molecule has 14 heavy (non-hydrogen) atoms.